The monoisotopic (exact) mass is 210 g/mol. The average molecular weight is 210 g/mol. The van der Waals surface area contributed by atoms with Crippen molar-refractivity contribution in [3.8, 4) is 17.6 Å². The molecule has 0 atom stereocenters. The van der Waals surface area contributed by atoms with Crippen molar-refractivity contribution < 1.29 is 4.74 Å². The van der Waals surface area contributed by atoms with Crippen LogP contribution in [0.4, 0.5) is 0 Å². The molecular formula is C15H14O. The second-order valence-electron chi connectivity index (χ2n) is 3.53. The molecule has 80 valence electrons. The minimum Gasteiger partial charge on any atom is -0.494 e. The predicted octanol–water partition coefficient (Wildman–Crippen LogP) is 3.61. The summed E-state index contributed by atoms with van der Waals surface area (Å²) < 4.78 is 5.46. The maximum Gasteiger partial charge on any atom is 0.119 e. The average Bonchev–Trinajstić information content (AvgIpc) is 2.30. The Labute approximate surface area is 96.1 Å². The van der Waals surface area contributed by atoms with Gasteiger partial charge in [0.05, 0.1) is 6.61 Å². The number of rotatable bonds is 2. The van der Waals surface area contributed by atoms with E-state index in [-0.39, 0.29) is 0 Å². The van der Waals surface area contributed by atoms with E-state index in [1.807, 2.05) is 26.0 Å². The first-order valence-corrected chi connectivity index (χ1v) is 5.43. The van der Waals surface area contributed by atoms with Crippen molar-refractivity contribution in [3.05, 3.63) is 42.0 Å². The van der Waals surface area contributed by atoms with E-state index in [1.165, 1.54) is 10.8 Å². The van der Waals surface area contributed by atoms with E-state index < -0.39 is 0 Å². The van der Waals surface area contributed by atoms with Crippen LogP contribution in [0.1, 0.15) is 19.4 Å². The van der Waals surface area contributed by atoms with E-state index in [9.17, 15) is 0 Å². The Kier molecular flexibility index (Phi) is 3.12. The molecule has 0 unspecified atom stereocenters. The normalized spacial score (nSPS) is 9.62. The molecular weight excluding hydrogens is 196 g/mol. The number of benzene rings is 2. The Hall–Kier alpha value is -1.94. The highest BCUT2D eigenvalue weighted by Crippen LogP contribution is 2.21. The molecule has 0 spiro atoms. The van der Waals surface area contributed by atoms with Gasteiger partial charge in [-0.1, -0.05) is 18.1 Å². The van der Waals surface area contributed by atoms with E-state index in [1.54, 1.807) is 0 Å². The van der Waals surface area contributed by atoms with E-state index in [2.05, 4.69) is 36.1 Å². The molecule has 16 heavy (non-hydrogen) atoms. The first kappa shape index (κ1) is 10.6. The van der Waals surface area contributed by atoms with Gasteiger partial charge in [0.1, 0.15) is 5.75 Å². The molecule has 0 bridgehead atoms. The molecule has 0 radical (unpaired) electrons. The highest BCUT2D eigenvalue weighted by Gasteiger charge is 1.97. The van der Waals surface area contributed by atoms with Gasteiger partial charge in [-0.05, 0) is 48.9 Å². The molecule has 0 aliphatic carbocycles. The molecule has 0 amide bonds. The standard InChI is InChI=1S/C15H14O/c1-3-5-12-6-7-14-11-15(16-4-2)9-8-13(14)10-12/h6-11H,4H2,1-2H3. The van der Waals surface area contributed by atoms with Crippen molar-refractivity contribution in [1.82, 2.24) is 0 Å². The van der Waals surface area contributed by atoms with Gasteiger partial charge in [-0.2, -0.15) is 0 Å². The zero-order valence-corrected chi connectivity index (χ0v) is 9.58. The molecule has 2 aromatic rings. The molecule has 0 aliphatic rings. The summed E-state index contributed by atoms with van der Waals surface area (Å²) in [6.07, 6.45) is 0. The maximum absolute atomic E-state index is 5.46. The van der Waals surface area contributed by atoms with E-state index in [4.69, 9.17) is 4.74 Å². The number of hydrogen-bond donors (Lipinski definition) is 0. The first-order valence-electron chi connectivity index (χ1n) is 5.43. The quantitative estimate of drug-likeness (QED) is 0.688. The summed E-state index contributed by atoms with van der Waals surface area (Å²) in [4.78, 5) is 0. The Morgan fingerprint density at radius 1 is 1.06 bits per heavy atom. The fraction of sp³-hybridized carbons (Fsp3) is 0.200. The molecule has 2 aromatic carbocycles. The van der Waals surface area contributed by atoms with Crippen LogP contribution in [-0.4, -0.2) is 6.61 Å². The van der Waals surface area contributed by atoms with Crippen LogP contribution in [0.15, 0.2) is 36.4 Å². The summed E-state index contributed by atoms with van der Waals surface area (Å²) in [6, 6.07) is 12.3. The second kappa shape index (κ2) is 4.72. The number of ether oxygens (including phenoxy) is 1. The highest BCUT2D eigenvalue weighted by atomic mass is 16.5. The summed E-state index contributed by atoms with van der Waals surface area (Å²) in [5, 5.41) is 2.39. The zero-order valence-electron chi connectivity index (χ0n) is 9.58. The van der Waals surface area contributed by atoms with Gasteiger partial charge in [-0.25, -0.2) is 0 Å². The summed E-state index contributed by atoms with van der Waals surface area (Å²) in [5.74, 6) is 6.88. The Bertz CT molecular complexity index is 558. The van der Waals surface area contributed by atoms with Crippen LogP contribution in [0.25, 0.3) is 10.8 Å². The van der Waals surface area contributed by atoms with E-state index in [0.717, 1.165) is 11.3 Å². The highest BCUT2D eigenvalue weighted by molar-refractivity contribution is 5.85. The fourth-order valence-electron chi connectivity index (χ4n) is 1.70. The summed E-state index contributed by atoms with van der Waals surface area (Å²) >= 11 is 0. The molecule has 1 nitrogen and oxygen atoms in total. The Morgan fingerprint density at radius 3 is 2.56 bits per heavy atom. The zero-order chi connectivity index (χ0) is 11.4. The molecule has 2 rings (SSSR count). The minimum absolute atomic E-state index is 0.699. The van der Waals surface area contributed by atoms with Gasteiger partial charge in [0.15, 0.2) is 0 Å². The Balaban J connectivity index is 2.47. The number of fused-ring (bicyclic) bond motifs is 1. The molecule has 0 heterocycles. The lowest BCUT2D eigenvalue weighted by Crippen LogP contribution is -1.90. The van der Waals surface area contributed by atoms with Gasteiger partial charge >= 0.3 is 0 Å². The smallest absolute Gasteiger partial charge is 0.119 e. The van der Waals surface area contributed by atoms with Gasteiger partial charge in [0.2, 0.25) is 0 Å². The first-order chi connectivity index (χ1) is 7.83. The summed E-state index contributed by atoms with van der Waals surface area (Å²) in [6.45, 7) is 4.54. The van der Waals surface area contributed by atoms with Crippen LogP contribution >= 0.6 is 0 Å². The predicted molar refractivity (Wildman–Crippen MR) is 67.7 cm³/mol. The minimum atomic E-state index is 0.699. The van der Waals surface area contributed by atoms with Crippen LogP contribution in [0.5, 0.6) is 5.75 Å². The van der Waals surface area contributed by atoms with E-state index >= 15 is 0 Å². The maximum atomic E-state index is 5.46. The van der Waals surface area contributed by atoms with Crippen LogP contribution < -0.4 is 4.74 Å². The molecule has 0 aromatic heterocycles. The van der Waals surface area contributed by atoms with Crippen LogP contribution in [-0.2, 0) is 0 Å². The molecule has 0 saturated heterocycles. The summed E-state index contributed by atoms with van der Waals surface area (Å²) in [7, 11) is 0. The van der Waals surface area contributed by atoms with Crippen molar-refractivity contribution >= 4 is 10.8 Å². The van der Waals surface area contributed by atoms with Gasteiger partial charge in [0, 0.05) is 5.56 Å². The molecule has 0 fully saturated rings. The van der Waals surface area contributed by atoms with Crippen LogP contribution in [0, 0.1) is 11.8 Å². The van der Waals surface area contributed by atoms with Gasteiger partial charge in [0.25, 0.3) is 0 Å². The van der Waals surface area contributed by atoms with Gasteiger partial charge in [-0.15, -0.1) is 5.92 Å². The molecule has 1 heteroatoms. The lowest BCUT2D eigenvalue weighted by Gasteiger charge is -2.04. The third-order valence-electron chi connectivity index (χ3n) is 2.39. The summed E-state index contributed by atoms with van der Waals surface area (Å²) in [5.41, 5.74) is 1.05. The van der Waals surface area contributed by atoms with Gasteiger partial charge < -0.3 is 4.74 Å². The molecule has 0 saturated carbocycles. The van der Waals surface area contributed by atoms with Gasteiger partial charge in [-0.3, -0.25) is 0 Å². The van der Waals surface area contributed by atoms with Crippen LogP contribution in [0.3, 0.4) is 0 Å². The van der Waals surface area contributed by atoms with Crippen molar-refractivity contribution in [2.45, 2.75) is 13.8 Å². The topological polar surface area (TPSA) is 9.23 Å². The third kappa shape index (κ3) is 2.17. The Morgan fingerprint density at radius 2 is 1.81 bits per heavy atom. The van der Waals surface area contributed by atoms with Crippen molar-refractivity contribution in [2.75, 3.05) is 6.61 Å². The SMILES string of the molecule is CC#Cc1ccc2cc(OCC)ccc2c1. The van der Waals surface area contributed by atoms with Crippen molar-refractivity contribution in [2.24, 2.45) is 0 Å². The fourth-order valence-corrected chi connectivity index (χ4v) is 1.70. The lowest BCUT2D eigenvalue weighted by molar-refractivity contribution is 0.341. The lowest BCUT2D eigenvalue weighted by atomic mass is 10.1. The van der Waals surface area contributed by atoms with Crippen LogP contribution in [0.2, 0.25) is 0 Å². The molecule has 0 N–H and O–H groups in total. The number of hydrogen-bond acceptors (Lipinski definition) is 1. The third-order valence-corrected chi connectivity index (χ3v) is 2.39. The second-order valence-corrected chi connectivity index (χ2v) is 3.53. The van der Waals surface area contributed by atoms with Crippen molar-refractivity contribution in [1.29, 1.82) is 0 Å². The molecule has 0 aliphatic heterocycles. The van der Waals surface area contributed by atoms with E-state index in [0.29, 0.717) is 6.61 Å². The van der Waals surface area contributed by atoms with Crippen molar-refractivity contribution in [3.63, 3.8) is 0 Å². The largest absolute Gasteiger partial charge is 0.494 e.